The van der Waals surface area contributed by atoms with Gasteiger partial charge < -0.3 is 10.1 Å². The lowest BCUT2D eigenvalue weighted by Gasteiger charge is -2.17. The molecule has 2 aromatic carbocycles. The van der Waals surface area contributed by atoms with Gasteiger partial charge >= 0.3 is 0 Å². The third-order valence-electron chi connectivity index (χ3n) is 3.44. The summed E-state index contributed by atoms with van der Waals surface area (Å²) in [4.78, 5) is 0. The summed E-state index contributed by atoms with van der Waals surface area (Å²) in [5.41, 5.74) is 3.73. The van der Waals surface area contributed by atoms with Gasteiger partial charge in [-0.2, -0.15) is 0 Å². The van der Waals surface area contributed by atoms with E-state index in [4.69, 9.17) is 4.74 Å². The smallest absolute Gasteiger partial charge is 0.123 e. The van der Waals surface area contributed by atoms with Crippen LogP contribution < -0.4 is 10.1 Å². The minimum absolute atomic E-state index is 0.245. The zero-order chi connectivity index (χ0) is 14.5. The standard InChI is InChI=1S/C17H20BrNO/c1-12-10-14(8-9-16(12)18)11-19-13(2)15-6-4-5-7-17(15)20-3/h4-10,13,19H,11H2,1-3H3/t13-/m1/s1. The maximum atomic E-state index is 5.41. The Hall–Kier alpha value is -1.32. The van der Waals surface area contributed by atoms with E-state index in [1.807, 2.05) is 18.2 Å². The van der Waals surface area contributed by atoms with Crippen LogP contribution in [0.3, 0.4) is 0 Å². The Balaban J connectivity index is 2.04. The average Bonchev–Trinajstić information content (AvgIpc) is 2.48. The third kappa shape index (κ3) is 3.62. The fraction of sp³-hybridized carbons (Fsp3) is 0.294. The number of rotatable bonds is 5. The maximum absolute atomic E-state index is 5.41. The lowest BCUT2D eigenvalue weighted by Crippen LogP contribution is -2.18. The van der Waals surface area contributed by atoms with Gasteiger partial charge in [0, 0.05) is 22.6 Å². The molecule has 20 heavy (non-hydrogen) atoms. The molecule has 0 fully saturated rings. The molecule has 0 aliphatic heterocycles. The predicted octanol–water partition coefficient (Wildman–Crippen LogP) is 4.62. The number of para-hydroxylation sites is 1. The van der Waals surface area contributed by atoms with Crippen LogP contribution in [0.25, 0.3) is 0 Å². The Bertz CT molecular complexity index is 583. The summed E-state index contributed by atoms with van der Waals surface area (Å²) in [6.45, 7) is 5.11. The minimum Gasteiger partial charge on any atom is -0.496 e. The van der Waals surface area contributed by atoms with Crippen LogP contribution in [0.2, 0.25) is 0 Å². The summed E-state index contributed by atoms with van der Waals surface area (Å²) in [6, 6.07) is 14.8. The van der Waals surface area contributed by atoms with Crippen LogP contribution in [0, 0.1) is 6.92 Å². The molecule has 0 saturated heterocycles. The van der Waals surface area contributed by atoms with Gasteiger partial charge in [0.1, 0.15) is 5.75 Å². The molecular weight excluding hydrogens is 314 g/mol. The van der Waals surface area contributed by atoms with E-state index in [9.17, 15) is 0 Å². The van der Waals surface area contributed by atoms with Crippen LogP contribution in [0.15, 0.2) is 46.9 Å². The summed E-state index contributed by atoms with van der Waals surface area (Å²) < 4.78 is 6.56. The first-order chi connectivity index (χ1) is 9.61. The Morgan fingerprint density at radius 1 is 1.20 bits per heavy atom. The number of aryl methyl sites for hydroxylation is 1. The van der Waals surface area contributed by atoms with Crippen molar-refractivity contribution in [2.45, 2.75) is 26.4 Å². The highest BCUT2D eigenvalue weighted by Gasteiger charge is 2.10. The highest BCUT2D eigenvalue weighted by Crippen LogP contribution is 2.25. The first kappa shape index (κ1) is 15.1. The molecule has 1 N–H and O–H groups in total. The molecule has 2 nitrogen and oxygen atoms in total. The SMILES string of the molecule is COc1ccccc1[C@@H](C)NCc1ccc(Br)c(C)c1. The van der Waals surface area contributed by atoms with Crippen LogP contribution in [-0.4, -0.2) is 7.11 Å². The molecule has 0 spiro atoms. The van der Waals surface area contributed by atoms with Crippen molar-refractivity contribution in [3.05, 3.63) is 63.6 Å². The monoisotopic (exact) mass is 333 g/mol. The molecule has 0 saturated carbocycles. The zero-order valence-electron chi connectivity index (χ0n) is 12.1. The highest BCUT2D eigenvalue weighted by molar-refractivity contribution is 9.10. The van der Waals surface area contributed by atoms with Gasteiger partial charge in [0.25, 0.3) is 0 Å². The molecule has 0 amide bonds. The van der Waals surface area contributed by atoms with Crippen LogP contribution in [0.4, 0.5) is 0 Å². The maximum Gasteiger partial charge on any atom is 0.123 e. The van der Waals surface area contributed by atoms with Gasteiger partial charge in [0.2, 0.25) is 0 Å². The summed E-state index contributed by atoms with van der Waals surface area (Å²) in [7, 11) is 1.71. The fourth-order valence-corrected chi connectivity index (χ4v) is 2.47. The summed E-state index contributed by atoms with van der Waals surface area (Å²) in [5, 5.41) is 3.54. The number of hydrogen-bond donors (Lipinski definition) is 1. The van der Waals surface area contributed by atoms with Crippen molar-refractivity contribution < 1.29 is 4.74 Å². The van der Waals surface area contributed by atoms with Crippen LogP contribution in [-0.2, 0) is 6.54 Å². The topological polar surface area (TPSA) is 21.3 Å². The third-order valence-corrected chi connectivity index (χ3v) is 4.33. The largest absolute Gasteiger partial charge is 0.496 e. The number of methoxy groups -OCH3 is 1. The molecule has 0 unspecified atom stereocenters. The van der Waals surface area contributed by atoms with E-state index in [-0.39, 0.29) is 6.04 Å². The van der Waals surface area contributed by atoms with E-state index >= 15 is 0 Å². The fourth-order valence-electron chi connectivity index (χ4n) is 2.22. The molecule has 0 bridgehead atoms. The van der Waals surface area contributed by atoms with Gasteiger partial charge in [-0.3, -0.25) is 0 Å². The summed E-state index contributed by atoms with van der Waals surface area (Å²) in [6.07, 6.45) is 0. The molecule has 1 atom stereocenters. The number of nitrogens with one attached hydrogen (secondary N) is 1. The van der Waals surface area contributed by atoms with Gasteiger partial charge in [0.15, 0.2) is 0 Å². The van der Waals surface area contributed by atoms with Crippen molar-refractivity contribution in [2.75, 3.05) is 7.11 Å². The van der Waals surface area contributed by atoms with Gasteiger partial charge in [-0.15, -0.1) is 0 Å². The molecule has 3 heteroatoms. The molecule has 106 valence electrons. The lowest BCUT2D eigenvalue weighted by molar-refractivity contribution is 0.401. The van der Waals surface area contributed by atoms with Crippen molar-refractivity contribution in [1.29, 1.82) is 0 Å². The molecule has 0 heterocycles. The molecule has 2 rings (SSSR count). The average molecular weight is 334 g/mol. The molecule has 0 radical (unpaired) electrons. The molecule has 0 aromatic heterocycles. The normalized spacial score (nSPS) is 12.2. The Morgan fingerprint density at radius 3 is 2.65 bits per heavy atom. The number of ether oxygens (including phenoxy) is 1. The van der Waals surface area contributed by atoms with Crippen LogP contribution >= 0.6 is 15.9 Å². The van der Waals surface area contributed by atoms with Gasteiger partial charge in [0.05, 0.1) is 7.11 Å². The van der Waals surface area contributed by atoms with Crippen LogP contribution in [0.5, 0.6) is 5.75 Å². The van der Waals surface area contributed by atoms with E-state index in [1.165, 1.54) is 16.7 Å². The number of benzene rings is 2. The Morgan fingerprint density at radius 2 is 1.95 bits per heavy atom. The molecule has 0 aliphatic rings. The first-order valence-corrected chi connectivity index (χ1v) is 7.52. The minimum atomic E-state index is 0.245. The number of halogens is 1. The van der Waals surface area contributed by atoms with Crippen LogP contribution in [0.1, 0.15) is 29.7 Å². The Kier molecular flexibility index (Phi) is 5.21. The van der Waals surface area contributed by atoms with E-state index in [0.29, 0.717) is 0 Å². The quantitative estimate of drug-likeness (QED) is 0.862. The van der Waals surface area contributed by atoms with E-state index in [1.54, 1.807) is 7.11 Å². The van der Waals surface area contributed by atoms with Crippen molar-refractivity contribution >= 4 is 15.9 Å². The van der Waals surface area contributed by atoms with Crippen molar-refractivity contribution in [2.24, 2.45) is 0 Å². The summed E-state index contributed by atoms with van der Waals surface area (Å²) >= 11 is 3.53. The van der Waals surface area contributed by atoms with Crippen molar-refractivity contribution in [1.82, 2.24) is 5.32 Å². The van der Waals surface area contributed by atoms with E-state index < -0.39 is 0 Å². The van der Waals surface area contributed by atoms with Crippen molar-refractivity contribution in [3.8, 4) is 5.75 Å². The number of hydrogen-bond acceptors (Lipinski definition) is 2. The lowest BCUT2D eigenvalue weighted by atomic mass is 10.1. The second-order valence-electron chi connectivity index (χ2n) is 4.93. The van der Waals surface area contributed by atoms with Gasteiger partial charge in [-0.05, 0) is 37.1 Å². The molecular formula is C17H20BrNO. The van der Waals surface area contributed by atoms with E-state index in [0.717, 1.165) is 16.8 Å². The van der Waals surface area contributed by atoms with Crippen molar-refractivity contribution in [3.63, 3.8) is 0 Å². The highest BCUT2D eigenvalue weighted by atomic mass is 79.9. The molecule has 0 aliphatic carbocycles. The first-order valence-electron chi connectivity index (χ1n) is 6.73. The predicted molar refractivity (Wildman–Crippen MR) is 87.1 cm³/mol. The van der Waals surface area contributed by atoms with Gasteiger partial charge in [-0.1, -0.05) is 46.3 Å². The second-order valence-corrected chi connectivity index (χ2v) is 5.78. The Labute approximate surface area is 129 Å². The molecule has 2 aromatic rings. The van der Waals surface area contributed by atoms with E-state index in [2.05, 4.69) is 59.4 Å². The van der Waals surface area contributed by atoms with Gasteiger partial charge in [-0.25, -0.2) is 0 Å². The second kappa shape index (κ2) is 6.91. The zero-order valence-corrected chi connectivity index (χ0v) is 13.7. The summed E-state index contributed by atoms with van der Waals surface area (Å²) in [5.74, 6) is 0.930.